The van der Waals surface area contributed by atoms with Crippen LogP contribution in [-0.2, 0) is 0 Å². The highest BCUT2D eigenvalue weighted by molar-refractivity contribution is 6.28. The average molecular weight is 313 g/mol. The molecule has 5 nitrogen and oxygen atoms in total. The van der Waals surface area contributed by atoms with E-state index in [1.54, 1.807) is 0 Å². The molecule has 0 saturated carbocycles. The van der Waals surface area contributed by atoms with Gasteiger partial charge in [0.25, 0.3) is 0 Å². The van der Waals surface area contributed by atoms with E-state index in [-0.39, 0.29) is 11.3 Å². The Kier molecular flexibility index (Phi) is 4.16. The van der Waals surface area contributed by atoms with Crippen molar-refractivity contribution in [1.29, 1.82) is 0 Å². The molecule has 1 heterocycles. The van der Waals surface area contributed by atoms with Crippen LogP contribution < -0.4 is 9.64 Å². The van der Waals surface area contributed by atoms with Gasteiger partial charge in [-0.15, -0.1) is 0 Å². The predicted molar refractivity (Wildman–Crippen MR) is 85.9 cm³/mol. The van der Waals surface area contributed by atoms with Gasteiger partial charge >= 0.3 is 6.01 Å². The quantitative estimate of drug-likeness (QED) is 0.726. The van der Waals surface area contributed by atoms with E-state index in [4.69, 9.17) is 16.3 Å². The van der Waals surface area contributed by atoms with Crippen LogP contribution in [0.3, 0.4) is 0 Å². The Morgan fingerprint density at radius 3 is 2.18 bits per heavy atom. The number of hydrogen-bond donors (Lipinski definition) is 0. The molecule has 110 valence electrons. The summed E-state index contributed by atoms with van der Waals surface area (Å²) >= 11 is 5.98. The van der Waals surface area contributed by atoms with E-state index in [1.165, 1.54) is 0 Å². The molecule has 0 unspecified atom stereocenters. The van der Waals surface area contributed by atoms with Crippen LogP contribution in [0.5, 0.6) is 11.8 Å². The van der Waals surface area contributed by atoms with E-state index in [1.807, 2.05) is 72.6 Å². The van der Waals surface area contributed by atoms with Crippen LogP contribution in [0.25, 0.3) is 0 Å². The summed E-state index contributed by atoms with van der Waals surface area (Å²) in [6, 6.07) is 19.2. The number of para-hydroxylation sites is 2. The number of nitrogens with zero attached hydrogens (tertiary/aromatic N) is 4. The number of hydrogen-bond acceptors (Lipinski definition) is 5. The molecule has 0 saturated heterocycles. The molecule has 0 aliphatic carbocycles. The van der Waals surface area contributed by atoms with Gasteiger partial charge in [0.05, 0.1) is 0 Å². The van der Waals surface area contributed by atoms with Crippen LogP contribution in [0, 0.1) is 0 Å². The zero-order valence-electron chi connectivity index (χ0n) is 11.8. The van der Waals surface area contributed by atoms with Crippen molar-refractivity contribution in [2.75, 3.05) is 11.9 Å². The summed E-state index contributed by atoms with van der Waals surface area (Å²) in [5.41, 5.74) is 0.940. The number of benzene rings is 2. The first-order valence-electron chi connectivity index (χ1n) is 6.65. The monoisotopic (exact) mass is 312 g/mol. The molecule has 0 fully saturated rings. The smallest absolute Gasteiger partial charge is 0.328 e. The molecule has 3 rings (SSSR count). The molecule has 0 N–H and O–H groups in total. The van der Waals surface area contributed by atoms with Gasteiger partial charge in [-0.3, -0.25) is 0 Å². The lowest BCUT2D eigenvalue weighted by Gasteiger charge is -2.17. The Balaban J connectivity index is 1.90. The van der Waals surface area contributed by atoms with Crippen LogP contribution in [-0.4, -0.2) is 22.0 Å². The number of anilines is 2. The standard InChI is InChI=1S/C16H13ClN4O/c1-21(12-8-4-2-5-9-12)15-18-14(17)19-16(20-15)22-13-10-6-3-7-11-13/h2-11H,1H3. The largest absolute Gasteiger partial charge is 0.424 e. The van der Waals surface area contributed by atoms with Gasteiger partial charge in [0.15, 0.2) is 0 Å². The van der Waals surface area contributed by atoms with Gasteiger partial charge in [0.2, 0.25) is 11.2 Å². The second-order valence-electron chi connectivity index (χ2n) is 4.50. The Morgan fingerprint density at radius 2 is 1.50 bits per heavy atom. The van der Waals surface area contributed by atoms with Gasteiger partial charge in [0, 0.05) is 12.7 Å². The lowest BCUT2D eigenvalue weighted by molar-refractivity contribution is 0.440. The first-order chi connectivity index (χ1) is 10.7. The minimum atomic E-state index is 0.0821. The summed E-state index contributed by atoms with van der Waals surface area (Å²) in [4.78, 5) is 14.3. The third-order valence-corrected chi connectivity index (χ3v) is 3.14. The summed E-state index contributed by atoms with van der Waals surface area (Å²) < 4.78 is 5.61. The van der Waals surface area contributed by atoms with Gasteiger partial charge in [-0.05, 0) is 35.9 Å². The molecular weight excluding hydrogens is 300 g/mol. The molecule has 0 atom stereocenters. The van der Waals surface area contributed by atoms with Crippen LogP contribution in [0.1, 0.15) is 0 Å². The van der Waals surface area contributed by atoms with Crippen molar-refractivity contribution < 1.29 is 4.74 Å². The Labute approximate surface area is 133 Å². The Hall–Kier alpha value is -2.66. The third-order valence-electron chi connectivity index (χ3n) is 2.97. The SMILES string of the molecule is CN(c1ccccc1)c1nc(Cl)nc(Oc2ccccc2)n1. The van der Waals surface area contributed by atoms with Gasteiger partial charge < -0.3 is 9.64 Å². The van der Waals surface area contributed by atoms with Crippen molar-refractivity contribution in [1.82, 2.24) is 15.0 Å². The fraction of sp³-hybridized carbons (Fsp3) is 0.0625. The molecule has 1 aromatic heterocycles. The van der Waals surface area contributed by atoms with Crippen molar-refractivity contribution in [3.63, 3.8) is 0 Å². The number of halogens is 1. The van der Waals surface area contributed by atoms with Crippen molar-refractivity contribution in [3.8, 4) is 11.8 Å². The summed E-state index contributed by atoms with van der Waals surface area (Å²) in [6.07, 6.45) is 0. The summed E-state index contributed by atoms with van der Waals surface area (Å²) in [6.45, 7) is 0. The first kappa shape index (κ1) is 14.3. The molecule has 0 amide bonds. The molecule has 0 bridgehead atoms. The molecule has 2 aromatic carbocycles. The molecule has 3 aromatic rings. The van der Waals surface area contributed by atoms with Gasteiger partial charge in [0.1, 0.15) is 5.75 Å². The molecule has 0 aliphatic rings. The molecular formula is C16H13ClN4O. The Morgan fingerprint density at radius 1 is 0.864 bits per heavy atom. The minimum absolute atomic E-state index is 0.0821. The lowest BCUT2D eigenvalue weighted by atomic mass is 10.3. The van der Waals surface area contributed by atoms with E-state index in [0.717, 1.165) is 5.69 Å². The highest BCUT2D eigenvalue weighted by atomic mass is 35.5. The maximum absolute atomic E-state index is 5.98. The molecule has 22 heavy (non-hydrogen) atoms. The molecule has 0 aliphatic heterocycles. The number of aromatic nitrogens is 3. The van der Waals surface area contributed by atoms with Crippen molar-refractivity contribution in [2.45, 2.75) is 0 Å². The maximum Gasteiger partial charge on any atom is 0.328 e. The van der Waals surface area contributed by atoms with E-state index >= 15 is 0 Å². The molecule has 0 spiro atoms. The van der Waals surface area contributed by atoms with Crippen LogP contribution in [0.15, 0.2) is 60.7 Å². The van der Waals surface area contributed by atoms with Crippen LogP contribution in [0.2, 0.25) is 5.28 Å². The summed E-state index contributed by atoms with van der Waals surface area (Å²) in [5.74, 6) is 1.05. The third kappa shape index (κ3) is 3.32. The first-order valence-corrected chi connectivity index (χ1v) is 7.03. The summed E-state index contributed by atoms with van der Waals surface area (Å²) in [5, 5.41) is 0.0821. The second-order valence-corrected chi connectivity index (χ2v) is 4.83. The average Bonchev–Trinajstić information content (AvgIpc) is 2.55. The topological polar surface area (TPSA) is 51.1 Å². The molecule has 6 heteroatoms. The van der Waals surface area contributed by atoms with E-state index in [0.29, 0.717) is 11.7 Å². The van der Waals surface area contributed by atoms with Crippen molar-refractivity contribution in [3.05, 3.63) is 65.9 Å². The fourth-order valence-electron chi connectivity index (χ4n) is 1.88. The fourth-order valence-corrected chi connectivity index (χ4v) is 2.03. The van der Waals surface area contributed by atoms with Gasteiger partial charge in [-0.2, -0.15) is 15.0 Å². The number of rotatable bonds is 4. The van der Waals surface area contributed by atoms with Crippen LogP contribution >= 0.6 is 11.6 Å². The Bertz CT molecular complexity index is 753. The van der Waals surface area contributed by atoms with Crippen molar-refractivity contribution in [2.24, 2.45) is 0 Å². The van der Waals surface area contributed by atoms with Crippen LogP contribution in [0.4, 0.5) is 11.6 Å². The zero-order valence-corrected chi connectivity index (χ0v) is 12.6. The normalized spacial score (nSPS) is 10.3. The predicted octanol–water partition coefficient (Wildman–Crippen LogP) is 4.09. The molecule has 0 radical (unpaired) electrons. The van der Waals surface area contributed by atoms with Crippen molar-refractivity contribution >= 4 is 23.2 Å². The van der Waals surface area contributed by atoms with E-state index in [2.05, 4.69) is 15.0 Å². The maximum atomic E-state index is 5.98. The number of ether oxygens (including phenoxy) is 1. The highest BCUT2D eigenvalue weighted by Gasteiger charge is 2.12. The van der Waals surface area contributed by atoms with E-state index < -0.39 is 0 Å². The zero-order chi connectivity index (χ0) is 15.4. The van der Waals surface area contributed by atoms with Gasteiger partial charge in [-0.25, -0.2) is 0 Å². The minimum Gasteiger partial charge on any atom is -0.424 e. The highest BCUT2D eigenvalue weighted by Crippen LogP contribution is 2.24. The lowest BCUT2D eigenvalue weighted by Crippen LogP contribution is -2.14. The van der Waals surface area contributed by atoms with Gasteiger partial charge in [-0.1, -0.05) is 36.4 Å². The summed E-state index contributed by atoms with van der Waals surface area (Å²) in [7, 11) is 1.85. The van der Waals surface area contributed by atoms with E-state index in [9.17, 15) is 0 Å². The second kappa shape index (κ2) is 6.41.